The summed E-state index contributed by atoms with van der Waals surface area (Å²) in [6.07, 6.45) is -0.521. The number of benzene rings is 2. The van der Waals surface area contributed by atoms with Crippen LogP contribution in [0.15, 0.2) is 47.4 Å². The maximum atomic E-state index is 14.0. The third-order valence-corrected chi connectivity index (χ3v) is 5.47. The van der Waals surface area contributed by atoms with Gasteiger partial charge in [-0.3, -0.25) is 4.79 Å². The molecule has 2 aromatic rings. The molecule has 0 aromatic heterocycles. The zero-order chi connectivity index (χ0) is 20.6. The number of nitrogens with two attached hydrogens (primary N) is 1. The van der Waals surface area contributed by atoms with Crippen molar-refractivity contribution in [1.29, 1.82) is 0 Å². The van der Waals surface area contributed by atoms with Crippen molar-refractivity contribution in [1.82, 2.24) is 0 Å². The van der Waals surface area contributed by atoms with Gasteiger partial charge in [-0.05, 0) is 50.1 Å². The smallest absolute Gasteiger partial charge is 0.341 e. The number of anilines is 1. The number of hydrogen-bond acceptors (Lipinski definition) is 5. The Morgan fingerprint density at radius 2 is 1.93 bits per heavy atom. The molecule has 7 nitrogen and oxygen atoms in total. The van der Waals surface area contributed by atoms with Crippen LogP contribution in [0.2, 0.25) is 0 Å². The molecule has 2 aromatic carbocycles. The second kappa shape index (κ2) is 7.33. The molecule has 0 saturated heterocycles. The minimum atomic E-state index is -4.12. The van der Waals surface area contributed by atoms with Gasteiger partial charge in [0.1, 0.15) is 5.82 Å². The average molecular weight is 406 g/mol. The van der Waals surface area contributed by atoms with Crippen molar-refractivity contribution in [3.63, 3.8) is 0 Å². The largest absolute Gasteiger partial charge is 0.449 e. The summed E-state index contributed by atoms with van der Waals surface area (Å²) in [5.41, 5.74) is 1.14. The molecular weight excluding hydrogens is 387 g/mol. The van der Waals surface area contributed by atoms with Gasteiger partial charge < -0.3 is 9.64 Å². The lowest BCUT2D eigenvalue weighted by Crippen LogP contribution is -2.43. The van der Waals surface area contributed by atoms with Gasteiger partial charge >= 0.3 is 5.97 Å². The lowest BCUT2D eigenvalue weighted by atomic mass is 10.1. The minimum Gasteiger partial charge on any atom is -0.449 e. The van der Waals surface area contributed by atoms with E-state index in [0.29, 0.717) is 6.42 Å². The fourth-order valence-electron chi connectivity index (χ4n) is 3.21. The van der Waals surface area contributed by atoms with Gasteiger partial charge in [-0.2, -0.15) is 0 Å². The fourth-order valence-corrected chi connectivity index (χ4v) is 3.75. The zero-order valence-electron chi connectivity index (χ0n) is 15.3. The number of para-hydroxylation sites is 1. The number of fused-ring (bicyclic) bond motifs is 1. The monoisotopic (exact) mass is 406 g/mol. The van der Waals surface area contributed by atoms with Gasteiger partial charge in [0.15, 0.2) is 6.10 Å². The van der Waals surface area contributed by atoms with Crippen molar-refractivity contribution in [2.45, 2.75) is 37.3 Å². The van der Waals surface area contributed by atoms with E-state index in [1.54, 1.807) is 11.0 Å². The Morgan fingerprint density at radius 1 is 1.25 bits per heavy atom. The van der Waals surface area contributed by atoms with Gasteiger partial charge in [0.25, 0.3) is 5.91 Å². The molecule has 148 valence electrons. The van der Waals surface area contributed by atoms with Crippen LogP contribution < -0.4 is 10.0 Å². The van der Waals surface area contributed by atoms with E-state index in [-0.39, 0.29) is 6.04 Å². The van der Waals surface area contributed by atoms with Crippen LogP contribution >= 0.6 is 0 Å². The first kappa shape index (κ1) is 20.0. The van der Waals surface area contributed by atoms with E-state index in [4.69, 9.17) is 9.88 Å². The van der Waals surface area contributed by atoms with Crippen molar-refractivity contribution in [3.05, 3.63) is 59.4 Å². The first-order valence-corrected chi connectivity index (χ1v) is 10.1. The van der Waals surface area contributed by atoms with Crippen LogP contribution in [0.5, 0.6) is 0 Å². The first-order chi connectivity index (χ1) is 13.1. The number of rotatable bonds is 4. The molecule has 0 radical (unpaired) electrons. The molecule has 2 N–H and O–H groups in total. The van der Waals surface area contributed by atoms with Crippen molar-refractivity contribution in [2.24, 2.45) is 5.14 Å². The number of carbonyl (C=O) groups excluding carboxylic acids is 2. The van der Waals surface area contributed by atoms with E-state index in [0.717, 1.165) is 29.4 Å². The van der Waals surface area contributed by atoms with E-state index >= 15 is 0 Å². The molecule has 0 bridgehead atoms. The Hall–Kier alpha value is -2.78. The molecule has 3 rings (SSSR count). The number of sulfonamides is 1. The van der Waals surface area contributed by atoms with Gasteiger partial charge in [0.05, 0.1) is 10.5 Å². The van der Waals surface area contributed by atoms with E-state index in [9.17, 15) is 22.4 Å². The molecule has 0 fully saturated rings. The van der Waals surface area contributed by atoms with Crippen LogP contribution in [0.3, 0.4) is 0 Å². The third-order valence-electron chi connectivity index (χ3n) is 4.56. The summed E-state index contributed by atoms with van der Waals surface area (Å²) in [6.45, 7) is 3.26. The van der Waals surface area contributed by atoms with Crippen LogP contribution in [0.25, 0.3) is 0 Å². The summed E-state index contributed by atoms with van der Waals surface area (Å²) >= 11 is 0. The highest BCUT2D eigenvalue weighted by molar-refractivity contribution is 7.89. The molecule has 1 heterocycles. The van der Waals surface area contributed by atoms with Crippen LogP contribution in [0.4, 0.5) is 10.1 Å². The van der Waals surface area contributed by atoms with Crippen LogP contribution in [-0.2, 0) is 26.0 Å². The molecule has 1 aliphatic heterocycles. The molecule has 2 atom stereocenters. The maximum Gasteiger partial charge on any atom is 0.341 e. The Kier molecular flexibility index (Phi) is 5.22. The molecular formula is C19H19FN2O5S. The van der Waals surface area contributed by atoms with E-state index < -0.39 is 44.3 Å². The molecule has 28 heavy (non-hydrogen) atoms. The normalized spacial score (nSPS) is 17.1. The average Bonchev–Trinajstić information content (AvgIpc) is 2.95. The number of ether oxygens (including phenoxy) is 1. The fraction of sp³-hybridized carbons (Fsp3) is 0.263. The lowest BCUT2D eigenvalue weighted by Gasteiger charge is -2.26. The molecule has 1 amide bonds. The number of nitrogens with zero attached hydrogens (tertiary/aromatic N) is 1. The zero-order valence-corrected chi connectivity index (χ0v) is 16.1. The highest BCUT2D eigenvalue weighted by Crippen LogP contribution is 2.32. The summed E-state index contributed by atoms with van der Waals surface area (Å²) in [5, 5.41) is 5.01. The number of carbonyl (C=O) groups is 2. The van der Waals surface area contributed by atoms with Crippen molar-refractivity contribution in [3.8, 4) is 0 Å². The van der Waals surface area contributed by atoms with Gasteiger partial charge in [-0.15, -0.1) is 0 Å². The molecule has 9 heteroatoms. The summed E-state index contributed by atoms with van der Waals surface area (Å²) < 4.78 is 41.9. The van der Waals surface area contributed by atoms with E-state index in [1.165, 1.54) is 6.92 Å². The van der Waals surface area contributed by atoms with Crippen LogP contribution in [0, 0.1) is 5.82 Å². The highest BCUT2D eigenvalue weighted by atomic mass is 32.2. The lowest BCUT2D eigenvalue weighted by molar-refractivity contribution is -0.126. The van der Waals surface area contributed by atoms with Crippen molar-refractivity contribution < 1.29 is 27.1 Å². The SMILES string of the molecule is C[C@H](OC(=O)c1cc(S(N)(=O)=O)ccc1F)C(=O)N1c2ccccc2C[C@@H]1C. The number of primary sulfonamides is 1. The molecule has 0 spiro atoms. The highest BCUT2D eigenvalue weighted by Gasteiger charge is 2.35. The second-order valence-electron chi connectivity index (χ2n) is 6.62. The Labute approximate surface area is 161 Å². The Morgan fingerprint density at radius 3 is 2.61 bits per heavy atom. The molecule has 0 saturated carbocycles. The molecule has 0 aliphatic carbocycles. The molecule has 1 aliphatic rings. The number of esters is 1. The predicted molar refractivity (Wildman–Crippen MR) is 99.7 cm³/mol. The summed E-state index contributed by atoms with van der Waals surface area (Å²) in [5.74, 6) is -2.57. The van der Waals surface area contributed by atoms with Crippen molar-refractivity contribution in [2.75, 3.05) is 4.90 Å². The van der Waals surface area contributed by atoms with Gasteiger partial charge in [0.2, 0.25) is 10.0 Å². The Bertz CT molecular complexity index is 1050. The van der Waals surface area contributed by atoms with E-state index in [1.807, 2.05) is 25.1 Å². The number of hydrogen-bond donors (Lipinski definition) is 1. The minimum absolute atomic E-state index is 0.117. The third kappa shape index (κ3) is 3.76. The second-order valence-corrected chi connectivity index (χ2v) is 8.19. The quantitative estimate of drug-likeness (QED) is 0.782. The standard InChI is InChI=1S/C19H19FN2O5S/c1-11-9-13-5-3-4-6-17(13)22(11)18(23)12(2)27-19(24)15-10-14(28(21,25)26)7-8-16(15)20/h3-8,10-12H,9H2,1-2H3,(H2,21,25,26)/t11-,12-/m0/s1. The molecule has 0 unspecified atom stereocenters. The van der Waals surface area contributed by atoms with Gasteiger partial charge in [0, 0.05) is 11.7 Å². The summed E-state index contributed by atoms with van der Waals surface area (Å²) in [7, 11) is -4.12. The van der Waals surface area contributed by atoms with Crippen LogP contribution in [-0.4, -0.2) is 32.4 Å². The topological polar surface area (TPSA) is 107 Å². The van der Waals surface area contributed by atoms with E-state index in [2.05, 4.69) is 0 Å². The summed E-state index contributed by atoms with van der Waals surface area (Å²) in [6, 6.07) is 9.84. The first-order valence-electron chi connectivity index (χ1n) is 8.54. The summed E-state index contributed by atoms with van der Waals surface area (Å²) in [4.78, 5) is 26.3. The number of amides is 1. The van der Waals surface area contributed by atoms with Gasteiger partial charge in [-0.1, -0.05) is 18.2 Å². The predicted octanol–water partition coefficient (Wildman–Crippen LogP) is 2.00. The number of halogens is 1. The Balaban J connectivity index is 1.81. The maximum absolute atomic E-state index is 14.0. The van der Waals surface area contributed by atoms with Crippen LogP contribution in [0.1, 0.15) is 29.8 Å². The van der Waals surface area contributed by atoms with Crippen molar-refractivity contribution >= 4 is 27.6 Å². The van der Waals surface area contributed by atoms with Gasteiger partial charge in [-0.25, -0.2) is 22.7 Å².